The number of esters is 3. The summed E-state index contributed by atoms with van der Waals surface area (Å²) in [5.41, 5.74) is -2.46. The minimum atomic E-state index is -1.73. The van der Waals surface area contributed by atoms with Crippen molar-refractivity contribution in [3.8, 4) is 0 Å². The van der Waals surface area contributed by atoms with E-state index < -0.39 is 34.8 Å². The van der Waals surface area contributed by atoms with Crippen molar-refractivity contribution in [2.45, 2.75) is 25.3 Å². The molecule has 0 unspecified atom stereocenters. The third-order valence-electron chi connectivity index (χ3n) is 5.99. The number of fused-ring (bicyclic) bond motifs is 1. The SMILES string of the molecule is C=C[C@@H]1CC(C(=O)OC)(C(=O)OC)C[C@@]1(C(=O)OCC)n1cnc2c(N(C)C)ncnc21. The fraction of sp³-hybridized carbons (Fsp3) is 0.524. The molecule has 1 fully saturated rings. The van der Waals surface area contributed by atoms with Crippen LogP contribution in [0.25, 0.3) is 11.2 Å². The molecule has 0 radical (unpaired) electrons. The number of imidazole rings is 1. The molecule has 11 nitrogen and oxygen atoms in total. The normalized spacial score (nSPS) is 21.7. The minimum absolute atomic E-state index is 0.0556. The summed E-state index contributed by atoms with van der Waals surface area (Å²) in [5, 5.41) is 0. The maximum atomic E-state index is 13.5. The van der Waals surface area contributed by atoms with Gasteiger partial charge in [-0.05, 0) is 13.3 Å². The third-order valence-corrected chi connectivity index (χ3v) is 5.99. The molecule has 2 heterocycles. The van der Waals surface area contributed by atoms with Crippen LogP contribution >= 0.6 is 0 Å². The predicted molar refractivity (Wildman–Crippen MR) is 114 cm³/mol. The zero-order chi connectivity index (χ0) is 23.7. The molecule has 2 aromatic heterocycles. The van der Waals surface area contributed by atoms with Gasteiger partial charge in [0.2, 0.25) is 0 Å². The van der Waals surface area contributed by atoms with Gasteiger partial charge >= 0.3 is 17.9 Å². The van der Waals surface area contributed by atoms with Crippen LogP contribution in [0.15, 0.2) is 25.3 Å². The number of anilines is 1. The molecule has 3 rings (SSSR count). The highest BCUT2D eigenvalue weighted by atomic mass is 16.5. The topological polar surface area (TPSA) is 126 Å². The van der Waals surface area contributed by atoms with Crippen LogP contribution < -0.4 is 4.90 Å². The number of hydrogen-bond acceptors (Lipinski definition) is 10. The van der Waals surface area contributed by atoms with Crippen LogP contribution in [0.1, 0.15) is 19.8 Å². The Morgan fingerprint density at radius 3 is 2.38 bits per heavy atom. The molecule has 1 aliphatic carbocycles. The number of allylic oxidation sites excluding steroid dienone is 1. The third kappa shape index (κ3) is 3.19. The Morgan fingerprint density at radius 1 is 1.19 bits per heavy atom. The summed E-state index contributed by atoms with van der Waals surface area (Å²) in [6.07, 6.45) is 4.02. The highest BCUT2D eigenvalue weighted by Gasteiger charge is 2.67. The monoisotopic (exact) mass is 445 g/mol. The van der Waals surface area contributed by atoms with Gasteiger partial charge in [-0.3, -0.25) is 14.2 Å². The molecule has 32 heavy (non-hydrogen) atoms. The largest absolute Gasteiger partial charge is 0.468 e. The first-order valence-electron chi connectivity index (χ1n) is 10.1. The van der Waals surface area contributed by atoms with E-state index in [2.05, 4.69) is 21.5 Å². The van der Waals surface area contributed by atoms with Crippen molar-refractivity contribution >= 4 is 34.9 Å². The first-order chi connectivity index (χ1) is 15.2. The molecule has 0 aliphatic heterocycles. The van der Waals surface area contributed by atoms with E-state index in [-0.39, 0.29) is 19.4 Å². The number of ether oxygens (including phenoxy) is 3. The molecule has 11 heteroatoms. The van der Waals surface area contributed by atoms with Crippen molar-refractivity contribution < 1.29 is 28.6 Å². The van der Waals surface area contributed by atoms with Gasteiger partial charge in [-0.2, -0.15) is 0 Å². The van der Waals surface area contributed by atoms with Crippen LogP contribution in [-0.4, -0.2) is 72.3 Å². The number of nitrogens with zero attached hydrogens (tertiary/aromatic N) is 5. The van der Waals surface area contributed by atoms with Crippen LogP contribution in [0.4, 0.5) is 5.82 Å². The van der Waals surface area contributed by atoms with Gasteiger partial charge in [0, 0.05) is 26.4 Å². The molecule has 0 amide bonds. The van der Waals surface area contributed by atoms with Gasteiger partial charge in [0.15, 0.2) is 27.9 Å². The molecule has 0 bridgehead atoms. The fourth-order valence-electron chi connectivity index (χ4n) is 4.55. The zero-order valence-corrected chi connectivity index (χ0v) is 18.8. The number of rotatable bonds is 7. The summed E-state index contributed by atoms with van der Waals surface area (Å²) >= 11 is 0. The van der Waals surface area contributed by atoms with E-state index in [9.17, 15) is 14.4 Å². The number of hydrogen-bond donors (Lipinski definition) is 0. The van der Waals surface area contributed by atoms with Crippen LogP contribution in [0, 0.1) is 11.3 Å². The lowest BCUT2D eigenvalue weighted by atomic mass is 9.83. The van der Waals surface area contributed by atoms with Crippen molar-refractivity contribution in [1.82, 2.24) is 19.5 Å². The van der Waals surface area contributed by atoms with Crippen molar-refractivity contribution in [2.75, 3.05) is 39.8 Å². The van der Waals surface area contributed by atoms with Gasteiger partial charge in [0.1, 0.15) is 6.33 Å². The summed E-state index contributed by atoms with van der Waals surface area (Å²) in [5.74, 6) is -2.36. The van der Waals surface area contributed by atoms with Gasteiger partial charge < -0.3 is 19.1 Å². The van der Waals surface area contributed by atoms with Gasteiger partial charge in [-0.25, -0.2) is 19.7 Å². The van der Waals surface area contributed by atoms with Gasteiger partial charge in [0.25, 0.3) is 0 Å². The van der Waals surface area contributed by atoms with Crippen molar-refractivity contribution in [1.29, 1.82) is 0 Å². The quantitative estimate of drug-likeness (QED) is 0.264. The zero-order valence-electron chi connectivity index (χ0n) is 18.8. The Balaban J connectivity index is 2.34. The molecule has 0 saturated heterocycles. The molecule has 1 saturated carbocycles. The smallest absolute Gasteiger partial charge is 0.333 e. The van der Waals surface area contributed by atoms with E-state index in [1.807, 2.05) is 14.1 Å². The van der Waals surface area contributed by atoms with E-state index in [1.165, 1.54) is 33.0 Å². The van der Waals surface area contributed by atoms with E-state index in [0.717, 1.165) is 0 Å². The molecule has 2 atom stereocenters. The lowest BCUT2D eigenvalue weighted by Crippen LogP contribution is -2.48. The Hall–Kier alpha value is -3.50. The summed E-state index contributed by atoms with van der Waals surface area (Å²) in [7, 11) is 5.99. The second-order valence-electron chi connectivity index (χ2n) is 7.81. The molecule has 0 spiro atoms. The lowest BCUT2D eigenvalue weighted by molar-refractivity contribution is -0.170. The maximum absolute atomic E-state index is 13.5. The Morgan fingerprint density at radius 2 is 1.84 bits per heavy atom. The van der Waals surface area contributed by atoms with Crippen LogP contribution in [0.2, 0.25) is 0 Å². The van der Waals surface area contributed by atoms with E-state index in [0.29, 0.717) is 17.0 Å². The first-order valence-corrected chi connectivity index (χ1v) is 10.1. The highest BCUT2D eigenvalue weighted by Crippen LogP contribution is 2.55. The predicted octanol–water partition coefficient (Wildman–Crippen LogP) is 1.08. The van der Waals surface area contributed by atoms with Gasteiger partial charge in [-0.15, -0.1) is 6.58 Å². The van der Waals surface area contributed by atoms with Crippen LogP contribution in [-0.2, 0) is 34.1 Å². The number of carbonyl (C=O) groups is 3. The Labute approximate surface area is 185 Å². The molecular weight excluding hydrogens is 418 g/mol. The Kier molecular flexibility index (Phi) is 6.20. The lowest BCUT2D eigenvalue weighted by Gasteiger charge is -2.33. The highest BCUT2D eigenvalue weighted by molar-refractivity contribution is 6.02. The summed E-state index contributed by atoms with van der Waals surface area (Å²) in [4.78, 5) is 54.1. The van der Waals surface area contributed by atoms with Crippen molar-refractivity contribution in [3.05, 3.63) is 25.3 Å². The van der Waals surface area contributed by atoms with E-state index >= 15 is 0 Å². The summed E-state index contributed by atoms with van der Waals surface area (Å²) in [6, 6.07) is 0. The molecule has 172 valence electrons. The minimum Gasteiger partial charge on any atom is -0.468 e. The fourth-order valence-corrected chi connectivity index (χ4v) is 4.55. The second-order valence-corrected chi connectivity index (χ2v) is 7.81. The Bertz CT molecular complexity index is 1050. The summed E-state index contributed by atoms with van der Waals surface area (Å²) in [6.45, 7) is 5.64. The van der Waals surface area contributed by atoms with E-state index in [4.69, 9.17) is 14.2 Å². The van der Waals surface area contributed by atoms with Gasteiger partial charge in [-0.1, -0.05) is 6.08 Å². The summed E-state index contributed by atoms with van der Waals surface area (Å²) < 4.78 is 16.9. The van der Waals surface area contributed by atoms with Crippen molar-refractivity contribution in [2.24, 2.45) is 11.3 Å². The molecule has 0 aromatic carbocycles. The van der Waals surface area contributed by atoms with Gasteiger partial charge in [0.05, 0.1) is 27.2 Å². The van der Waals surface area contributed by atoms with Crippen LogP contribution in [0.5, 0.6) is 0 Å². The van der Waals surface area contributed by atoms with E-state index in [1.54, 1.807) is 16.4 Å². The first kappa shape index (κ1) is 23.2. The van der Waals surface area contributed by atoms with Crippen molar-refractivity contribution in [3.63, 3.8) is 0 Å². The van der Waals surface area contributed by atoms with Crippen LogP contribution in [0.3, 0.4) is 0 Å². The second kappa shape index (κ2) is 8.56. The average molecular weight is 445 g/mol. The molecular formula is C21H27N5O6. The molecule has 0 N–H and O–H groups in total. The number of carbonyl (C=O) groups excluding carboxylic acids is 3. The number of aromatic nitrogens is 4. The average Bonchev–Trinajstić information content (AvgIpc) is 3.38. The molecule has 2 aromatic rings. The maximum Gasteiger partial charge on any atom is 0.333 e. The molecule has 1 aliphatic rings. The standard InChI is InChI=1S/C21H27N5O6/c1-7-13-9-20(17(27)30-5,18(28)31-6)10-21(13,19(29)32-8-2)26-12-24-14-15(25(3)4)22-11-23-16(14)26/h7,11-13H,1,8-10H2,2-6H3/t13-,21-/m1/s1. The number of methoxy groups -OCH3 is 2.